The van der Waals surface area contributed by atoms with Crippen molar-refractivity contribution in [2.75, 3.05) is 16.8 Å². The van der Waals surface area contributed by atoms with Crippen LogP contribution in [-0.2, 0) is 11.3 Å². The number of anilines is 2. The molecule has 0 fully saturated rings. The topological polar surface area (TPSA) is 69.6 Å². The SMILES string of the molecule is O=C1CN(Cc2cccc(C(=O)O)c2)c2ccccc2N1. The van der Waals surface area contributed by atoms with E-state index < -0.39 is 5.97 Å². The van der Waals surface area contributed by atoms with E-state index in [1.54, 1.807) is 18.2 Å². The third-order valence-electron chi connectivity index (χ3n) is 3.40. The predicted octanol–water partition coefficient (Wildman–Crippen LogP) is 2.34. The molecule has 1 amide bonds. The van der Waals surface area contributed by atoms with Crippen molar-refractivity contribution in [1.29, 1.82) is 0 Å². The summed E-state index contributed by atoms with van der Waals surface area (Å²) in [4.78, 5) is 24.7. The summed E-state index contributed by atoms with van der Waals surface area (Å²) in [5, 5.41) is 11.9. The molecule has 2 aromatic rings. The maximum Gasteiger partial charge on any atom is 0.335 e. The molecular formula is C16H14N2O3. The number of nitrogens with zero attached hydrogens (tertiary/aromatic N) is 1. The zero-order valence-corrected chi connectivity index (χ0v) is 11.2. The van der Waals surface area contributed by atoms with Gasteiger partial charge in [-0.25, -0.2) is 4.79 Å². The third kappa shape index (κ3) is 2.72. The minimum Gasteiger partial charge on any atom is -0.478 e. The number of carbonyl (C=O) groups excluding carboxylic acids is 1. The first-order valence-electron chi connectivity index (χ1n) is 6.59. The summed E-state index contributed by atoms with van der Waals surface area (Å²) in [6.45, 7) is 0.750. The summed E-state index contributed by atoms with van der Waals surface area (Å²) in [5.41, 5.74) is 2.84. The Labute approximate surface area is 121 Å². The second-order valence-electron chi connectivity index (χ2n) is 4.93. The zero-order chi connectivity index (χ0) is 14.8. The first-order chi connectivity index (χ1) is 10.1. The monoisotopic (exact) mass is 282 g/mol. The number of amides is 1. The molecule has 1 heterocycles. The third-order valence-corrected chi connectivity index (χ3v) is 3.40. The molecule has 0 saturated carbocycles. The van der Waals surface area contributed by atoms with Crippen LogP contribution in [0.3, 0.4) is 0 Å². The second kappa shape index (κ2) is 5.28. The largest absolute Gasteiger partial charge is 0.478 e. The fourth-order valence-electron chi connectivity index (χ4n) is 2.47. The van der Waals surface area contributed by atoms with Crippen LogP contribution in [0.5, 0.6) is 0 Å². The molecule has 1 aliphatic rings. The van der Waals surface area contributed by atoms with Crippen molar-refractivity contribution in [2.24, 2.45) is 0 Å². The van der Waals surface area contributed by atoms with E-state index in [2.05, 4.69) is 5.32 Å². The molecular weight excluding hydrogens is 268 g/mol. The molecule has 0 aromatic heterocycles. The Morgan fingerprint density at radius 1 is 1.19 bits per heavy atom. The van der Waals surface area contributed by atoms with Gasteiger partial charge in [-0.15, -0.1) is 0 Å². The van der Waals surface area contributed by atoms with Gasteiger partial charge >= 0.3 is 5.97 Å². The van der Waals surface area contributed by atoms with E-state index in [9.17, 15) is 9.59 Å². The number of nitrogens with one attached hydrogen (secondary N) is 1. The lowest BCUT2D eigenvalue weighted by atomic mass is 10.1. The van der Waals surface area contributed by atoms with Crippen molar-refractivity contribution in [3.8, 4) is 0 Å². The molecule has 1 aliphatic heterocycles. The molecule has 0 radical (unpaired) electrons. The number of fused-ring (bicyclic) bond motifs is 1. The molecule has 0 atom stereocenters. The van der Waals surface area contributed by atoms with Crippen LogP contribution >= 0.6 is 0 Å². The average molecular weight is 282 g/mol. The van der Waals surface area contributed by atoms with Gasteiger partial charge in [0.25, 0.3) is 0 Å². The van der Waals surface area contributed by atoms with Crippen LogP contribution in [0.4, 0.5) is 11.4 Å². The van der Waals surface area contributed by atoms with E-state index in [-0.39, 0.29) is 18.0 Å². The number of hydrogen-bond donors (Lipinski definition) is 2. The Kier molecular flexibility index (Phi) is 3.31. The molecule has 0 saturated heterocycles. The van der Waals surface area contributed by atoms with Gasteiger partial charge < -0.3 is 15.3 Å². The zero-order valence-electron chi connectivity index (χ0n) is 11.2. The van der Waals surface area contributed by atoms with Crippen LogP contribution in [0.25, 0.3) is 0 Å². The summed E-state index contributed by atoms with van der Waals surface area (Å²) in [6, 6.07) is 14.4. The Morgan fingerprint density at radius 2 is 2.00 bits per heavy atom. The van der Waals surface area contributed by atoms with Crippen molar-refractivity contribution < 1.29 is 14.7 Å². The maximum absolute atomic E-state index is 11.8. The Bertz CT molecular complexity index is 712. The van der Waals surface area contributed by atoms with Crippen LogP contribution in [0.1, 0.15) is 15.9 Å². The number of benzene rings is 2. The van der Waals surface area contributed by atoms with Crippen molar-refractivity contribution in [3.05, 3.63) is 59.7 Å². The lowest BCUT2D eigenvalue weighted by molar-refractivity contribution is -0.115. The van der Waals surface area contributed by atoms with Crippen LogP contribution < -0.4 is 10.2 Å². The number of hydrogen-bond acceptors (Lipinski definition) is 3. The molecule has 5 nitrogen and oxygen atoms in total. The fourth-order valence-corrected chi connectivity index (χ4v) is 2.47. The van der Waals surface area contributed by atoms with Crippen molar-refractivity contribution in [3.63, 3.8) is 0 Å². The minimum absolute atomic E-state index is 0.0666. The lowest BCUT2D eigenvalue weighted by Crippen LogP contribution is -2.37. The first-order valence-corrected chi connectivity index (χ1v) is 6.59. The summed E-state index contributed by atoms with van der Waals surface area (Å²) in [5.74, 6) is -1.02. The fraction of sp³-hybridized carbons (Fsp3) is 0.125. The van der Waals surface area contributed by atoms with Crippen LogP contribution in [0, 0.1) is 0 Å². The molecule has 21 heavy (non-hydrogen) atoms. The van der Waals surface area contributed by atoms with Gasteiger partial charge in [0.05, 0.1) is 23.5 Å². The summed E-state index contributed by atoms with van der Waals surface area (Å²) >= 11 is 0. The van der Waals surface area contributed by atoms with Crippen LogP contribution in [0.15, 0.2) is 48.5 Å². The predicted molar refractivity (Wildman–Crippen MR) is 79.5 cm³/mol. The van der Waals surface area contributed by atoms with Gasteiger partial charge in [-0.1, -0.05) is 24.3 Å². The highest BCUT2D eigenvalue weighted by Gasteiger charge is 2.21. The van der Waals surface area contributed by atoms with Crippen LogP contribution in [0.2, 0.25) is 0 Å². The van der Waals surface area contributed by atoms with Crippen molar-refractivity contribution >= 4 is 23.3 Å². The molecule has 106 valence electrons. The maximum atomic E-state index is 11.8. The lowest BCUT2D eigenvalue weighted by Gasteiger charge is -2.31. The first kappa shape index (κ1) is 13.2. The normalized spacial score (nSPS) is 13.5. The molecule has 3 rings (SSSR count). The molecule has 2 aromatic carbocycles. The summed E-state index contributed by atoms with van der Waals surface area (Å²) < 4.78 is 0. The van der Waals surface area contributed by atoms with E-state index >= 15 is 0 Å². The highest BCUT2D eigenvalue weighted by Crippen LogP contribution is 2.30. The van der Waals surface area contributed by atoms with E-state index in [4.69, 9.17) is 5.11 Å². The highest BCUT2D eigenvalue weighted by atomic mass is 16.4. The van der Waals surface area contributed by atoms with E-state index in [0.29, 0.717) is 6.54 Å². The number of aromatic carboxylic acids is 1. The Hall–Kier alpha value is -2.82. The van der Waals surface area contributed by atoms with Gasteiger partial charge in [-0.2, -0.15) is 0 Å². The summed E-state index contributed by atoms with van der Waals surface area (Å²) in [7, 11) is 0. The highest BCUT2D eigenvalue weighted by molar-refractivity contribution is 6.01. The summed E-state index contributed by atoms with van der Waals surface area (Å²) in [6.07, 6.45) is 0. The molecule has 2 N–H and O–H groups in total. The van der Waals surface area contributed by atoms with Crippen LogP contribution in [-0.4, -0.2) is 23.5 Å². The number of rotatable bonds is 3. The smallest absolute Gasteiger partial charge is 0.335 e. The van der Waals surface area contributed by atoms with Gasteiger partial charge in [0.2, 0.25) is 5.91 Å². The number of para-hydroxylation sites is 2. The molecule has 0 unspecified atom stereocenters. The number of carboxylic acid groups (broad SMARTS) is 1. The number of carboxylic acids is 1. The Morgan fingerprint density at radius 3 is 2.81 bits per heavy atom. The van der Waals surface area contributed by atoms with E-state index in [0.717, 1.165) is 16.9 Å². The van der Waals surface area contributed by atoms with Gasteiger partial charge in [0.1, 0.15) is 0 Å². The molecule has 0 aliphatic carbocycles. The molecule has 0 spiro atoms. The minimum atomic E-state index is -0.950. The van der Waals surface area contributed by atoms with E-state index in [1.807, 2.05) is 35.2 Å². The van der Waals surface area contributed by atoms with Gasteiger partial charge in [-0.3, -0.25) is 4.79 Å². The second-order valence-corrected chi connectivity index (χ2v) is 4.93. The van der Waals surface area contributed by atoms with Gasteiger partial charge in [-0.05, 0) is 29.8 Å². The van der Waals surface area contributed by atoms with Gasteiger partial charge in [0.15, 0.2) is 0 Å². The molecule has 0 bridgehead atoms. The van der Waals surface area contributed by atoms with Crippen molar-refractivity contribution in [1.82, 2.24) is 0 Å². The standard InChI is InChI=1S/C16H14N2O3/c19-15-10-18(14-7-2-1-6-13(14)17-15)9-11-4-3-5-12(8-11)16(20)21/h1-8H,9-10H2,(H,17,19)(H,20,21). The Balaban J connectivity index is 1.90. The van der Waals surface area contributed by atoms with Crippen molar-refractivity contribution in [2.45, 2.75) is 6.54 Å². The van der Waals surface area contributed by atoms with E-state index in [1.165, 1.54) is 0 Å². The van der Waals surface area contributed by atoms with Gasteiger partial charge in [0, 0.05) is 6.54 Å². The number of carbonyl (C=O) groups is 2. The average Bonchev–Trinajstić information content (AvgIpc) is 2.47. The molecule has 5 heteroatoms. The quantitative estimate of drug-likeness (QED) is 0.906.